The SMILES string of the molecule is C/C=C\c1ccccc1CNC(=O)O. The molecule has 0 bridgehead atoms. The van der Waals surface area contributed by atoms with Gasteiger partial charge in [0.1, 0.15) is 0 Å². The summed E-state index contributed by atoms with van der Waals surface area (Å²) in [6, 6.07) is 7.69. The molecule has 1 rings (SSSR count). The molecule has 0 heterocycles. The van der Waals surface area contributed by atoms with Crippen molar-refractivity contribution in [2.45, 2.75) is 13.5 Å². The Hall–Kier alpha value is -1.77. The van der Waals surface area contributed by atoms with Crippen molar-refractivity contribution in [3.05, 3.63) is 41.5 Å². The molecule has 14 heavy (non-hydrogen) atoms. The first kappa shape index (κ1) is 10.3. The lowest BCUT2D eigenvalue weighted by Crippen LogP contribution is -2.20. The number of hydrogen-bond donors (Lipinski definition) is 2. The van der Waals surface area contributed by atoms with Gasteiger partial charge in [-0.1, -0.05) is 36.4 Å². The number of carboxylic acid groups (broad SMARTS) is 1. The quantitative estimate of drug-likeness (QED) is 0.771. The van der Waals surface area contributed by atoms with E-state index in [1.54, 1.807) is 0 Å². The van der Waals surface area contributed by atoms with Gasteiger partial charge in [0.25, 0.3) is 0 Å². The number of benzene rings is 1. The molecule has 2 N–H and O–H groups in total. The van der Waals surface area contributed by atoms with Gasteiger partial charge in [0.05, 0.1) is 0 Å². The molecule has 0 aliphatic heterocycles. The van der Waals surface area contributed by atoms with Gasteiger partial charge in [-0.25, -0.2) is 4.79 Å². The lowest BCUT2D eigenvalue weighted by molar-refractivity contribution is 0.194. The van der Waals surface area contributed by atoms with E-state index in [1.165, 1.54) is 0 Å². The molecule has 74 valence electrons. The summed E-state index contributed by atoms with van der Waals surface area (Å²) in [4.78, 5) is 10.3. The number of nitrogens with one attached hydrogen (secondary N) is 1. The van der Waals surface area contributed by atoms with Crippen LogP contribution in [-0.2, 0) is 6.54 Å². The van der Waals surface area contributed by atoms with E-state index in [-0.39, 0.29) is 0 Å². The molecule has 0 aliphatic carbocycles. The van der Waals surface area contributed by atoms with Gasteiger partial charge in [-0.05, 0) is 18.1 Å². The monoisotopic (exact) mass is 191 g/mol. The van der Waals surface area contributed by atoms with Crippen LogP contribution in [0, 0.1) is 0 Å². The summed E-state index contributed by atoms with van der Waals surface area (Å²) in [6.07, 6.45) is 2.89. The summed E-state index contributed by atoms with van der Waals surface area (Å²) < 4.78 is 0. The van der Waals surface area contributed by atoms with E-state index in [0.717, 1.165) is 11.1 Å². The third kappa shape index (κ3) is 2.94. The first-order valence-electron chi connectivity index (χ1n) is 4.41. The second-order valence-electron chi connectivity index (χ2n) is 2.86. The Morgan fingerprint density at radius 1 is 1.50 bits per heavy atom. The van der Waals surface area contributed by atoms with Gasteiger partial charge in [-0.2, -0.15) is 0 Å². The van der Waals surface area contributed by atoms with Crippen molar-refractivity contribution < 1.29 is 9.90 Å². The number of amides is 1. The highest BCUT2D eigenvalue weighted by molar-refractivity contribution is 5.65. The Balaban J connectivity index is 2.79. The average molecular weight is 191 g/mol. The molecule has 0 aromatic heterocycles. The number of carbonyl (C=O) groups is 1. The van der Waals surface area contributed by atoms with Crippen LogP contribution in [0.1, 0.15) is 18.1 Å². The van der Waals surface area contributed by atoms with E-state index in [9.17, 15) is 4.79 Å². The van der Waals surface area contributed by atoms with Crippen LogP contribution in [0.25, 0.3) is 6.08 Å². The molecule has 0 aliphatic rings. The first-order valence-corrected chi connectivity index (χ1v) is 4.41. The molecule has 1 amide bonds. The van der Waals surface area contributed by atoms with Crippen LogP contribution in [0.2, 0.25) is 0 Å². The maximum absolute atomic E-state index is 10.3. The molecular formula is C11H13NO2. The summed E-state index contributed by atoms with van der Waals surface area (Å²) in [5, 5.41) is 10.8. The predicted octanol–water partition coefficient (Wildman–Crippen LogP) is 2.49. The number of rotatable bonds is 3. The van der Waals surface area contributed by atoms with Gasteiger partial charge < -0.3 is 10.4 Å². The standard InChI is InChI=1S/C11H13NO2/c1-2-5-9-6-3-4-7-10(9)8-12-11(13)14/h2-7,12H,8H2,1H3,(H,13,14)/b5-2-. The van der Waals surface area contributed by atoms with E-state index in [4.69, 9.17) is 5.11 Å². The summed E-state index contributed by atoms with van der Waals surface area (Å²) in [5.74, 6) is 0. The van der Waals surface area contributed by atoms with Crippen LogP contribution in [0.3, 0.4) is 0 Å². The molecular weight excluding hydrogens is 178 g/mol. The molecule has 0 spiro atoms. The second kappa shape index (κ2) is 5.07. The van der Waals surface area contributed by atoms with Crippen LogP contribution in [0.4, 0.5) is 4.79 Å². The fraction of sp³-hybridized carbons (Fsp3) is 0.182. The average Bonchev–Trinajstić information content (AvgIpc) is 2.17. The van der Waals surface area contributed by atoms with Crippen molar-refractivity contribution in [1.29, 1.82) is 0 Å². The molecule has 0 unspecified atom stereocenters. The van der Waals surface area contributed by atoms with E-state index in [1.807, 2.05) is 43.3 Å². The third-order valence-corrected chi connectivity index (χ3v) is 1.83. The minimum atomic E-state index is -1.000. The zero-order valence-corrected chi connectivity index (χ0v) is 8.03. The minimum absolute atomic E-state index is 0.343. The Morgan fingerprint density at radius 2 is 2.21 bits per heavy atom. The molecule has 3 heteroatoms. The maximum Gasteiger partial charge on any atom is 0.404 e. The molecule has 1 aromatic rings. The van der Waals surface area contributed by atoms with Crippen molar-refractivity contribution in [1.82, 2.24) is 5.32 Å². The molecule has 3 nitrogen and oxygen atoms in total. The normalized spacial score (nSPS) is 10.4. The zero-order valence-electron chi connectivity index (χ0n) is 8.03. The Kier molecular flexibility index (Phi) is 3.73. The number of allylic oxidation sites excluding steroid dienone is 1. The second-order valence-corrected chi connectivity index (χ2v) is 2.86. The third-order valence-electron chi connectivity index (χ3n) is 1.83. The highest BCUT2D eigenvalue weighted by Crippen LogP contribution is 2.10. The largest absolute Gasteiger partial charge is 0.465 e. The van der Waals surface area contributed by atoms with Crippen LogP contribution in [0.5, 0.6) is 0 Å². The number of hydrogen-bond acceptors (Lipinski definition) is 1. The maximum atomic E-state index is 10.3. The highest BCUT2D eigenvalue weighted by Gasteiger charge is 1.99. The summed E-state index contributed by atoms with van der Waals surface area (Å²) in [7, 11) is 0. The molecule has 1 aromatic carbocycles. The van der Waals surface area contributed by atoms with Gasteiger partial charge in [-0.15, -0.1) is 0 Å². The topological polar surface area (TPSA) is 49.3 Å². The van der Waals surface area contributed by atoms with Crippen molar-refractivity contribution in [2.24, 2.45) is 0 Å². The fourth-order valence-electron chi connectivity index (χ4n) is 1.21. The summed E-state index contributed by atoms with van der Waals surface area (Å²) in [6.45, 7) is 2.28. The lowest BCUT2D eigenvalue weighted by atomic mass is 10.1. The van der Waals surface area contributed by atoms with Gasteiger partial charge in [0.15, 0.2) is 0 Å². The van der Waals surface area contributed by atoms with E-state index >= 15 is 0 Å². The van der Waals surface area contributed by atoms with E-state index in [0.29, 0.717) is 6.54 Å². The zero-order chi connectivity index (χ0) is 10.4. The van der Waals surface area contributed by atoms with Gasteiger partial charge in [0, 0.05) is 6.54 Å². The van der Waals surface area contributed by atoms with Gasteiger partial charge in [-0.3, -0.25) is 0 Å². The van der Waals surface area contributed by atoms with Crippen LogP contribution >= 0.6 is 0 Å². The minimum Gasteiger partial charge on any atom is -0.465 e. The van der Waals surface area contributed by atoms with Crippen molar-refractivity contribution in [3.8, 4) is 0 Å². The van der Waals surface area contributed by atoms with Crippen molar-refractivity contribution in [2.75, 3.05) is 0 Å². The summed E-state index contributed by atoms with van der Waals surface area (Å²) in [5.41, 5.74) is 2.02. The van der Waals surface area contributed by atoms with E-state index in [2.05, 4.69) is 5.32 Å². The van der Waals surface area contributed by atoms with Gasteiger partial charge >= 0.3 is 6.09 Å². The van der Waals surface area contributed by atoms with E-state index < -0.39 is 6.09 Å². The molecule has 0 radical (unpaired) electrons. The first-order chi connectivity index (χ1) is 6.74. The molecule has 0 fully saturated rings. The molecule has 0 saturated carbocycles. The Morgan fingerprint density at radius 3 is 2.86 bits per heavy atom. The predicted molar refractivity (Wildman–Crippen MR) is 56.0 cm³/mol. The summed E-state index contributed by atoms with van der Waals surface area (Å²) >= 11 is 0. The van der Waals surface area contributed by atoms with Crippen molar-refractivity contribution in [3.63, 3.8) is 0 Å². The van der Waals surface area contributed by atoms with Crippen LogP contribution in [0.15, 0.2) is 30.3 Å². The Labute approximate surface area is 83.1 Å². The molecule has 0 atom stereocenters. The van der Waals surface area contributed by atoms with Crippen LogP contribution in [-0.4, -0.2) is 11.2 Å². The smallest absolute Gasteiger partial charge is 0.404 e. The van der Waals surface area contributed by atoms with Crippen molar-refractivity contribution >= 4 is 12.2 Å². The Bertz CT molecular complexity index is 345. The van der Waals surface area contributed by atoms with Gasteiger partial charge in [0.2, 0.25) is 0 Å². The lowest BCUT2D eigenvalue weighted by Gasteiger charge is -2.05. The fourth-order valence-corrected chi connectivity index (χ4v) is 1.21. The molecule has 0 saturated heterocycles. The van der Waals surface area contributed by atoms with Crippen LogP contribution < -0.4 is 5.32 Å². The highest BCUT2D eigenvalue weighted by atomic mass is 16.4.